The maximum absolute atomic E-state index is 9.64. The number of para-hydroxylation sites is 1. The van der Waals surface area contributed by atoms with Crippen molar-refractivity contribution in [3.05, 3.63) is 29.4 Å². The summed E-state index contributed by atoms with van der Waals surface area (Å²) in [6.45, 7) is 0. The van der Waals surface area contributed by atoms with Crippen molar-refractivity contribution in [3.63, 3.8) is 0 Å². The van der Waals surface area contributed by atoms with Crippen molar-refractivity contribution in [1.29, 1.82) is 0 Å². The molecule has 2 rings (SSSR count). The zero-order chi connectivity index (χ0) is 10.1. The van der Waals surface area contributed by atoms with Crippen LogP contribution in [0.1, 0.15) is 0 Å². The highest BCUT2D eigenvalue weighted by molar-refractivity contribution is 6.32. The lowest BCUT2D eigenvalue weighted by atomic mass is 10.1. The fraction of sp³-hybridized carbons (Fsp3) is 0. The minimum absolute atomic E-state index is 0.0258. The Kier molecular flexibility index (Phi) is 2.05. The molecule has 5 heteroatoms. The number of phenols is 1. The summed E-state index contributed by atoms with van der Waals surface area (Å²) in [5.74, 6) is 0.331. The molecule has 0 aliphatic carbocycles. The fourth-order valence-electron chi connectivity index (χ4n) is 1.21. The molecule has 0 fully saturated rings. The molecule has 1 heterocycles. The van der Waals surface area contributed by atoms with Gasteiger partial charge in [-0.25, -0.2) is 4.98 Å². The Morgan fingerprint density at radius 1 is 1.43 bits per heavy atom. The van der Waals surface area contributed by atoms with Crippen molar-refractivity contribution in [2.24, 2.45) is 0 Å². The van der Waals surface area contributed by atoms with Crippen LogP contribution in [-0.2, 0) is 0 Å². The van der Waals surface area contributed by atoms with E-state index in [2.05, 4.69) is 9.97 Å². The van der Waals surface area contributed by atoms with E-state index in [0.717, 1.165) is 0 Å². The van der Waals surface area contributed by atoms with Gasteiger partial charge in [0.25, 0.3) is 0 Å². The highest BCUT2D eigenvalue weighted by Crippen LogP contribution is 2.33. The summed E-state index contributed by atoms with van der Waals surface area (Å²) in [5.41, 5.74) is 6.65. The Morgan fingerprint density at radius 2 is 2.21 bits per heavy atom. The van der Waals surface area contributed by atoms with Gasteiger partial charge in [0, 0.05) is 5.56 Å². The van der Waals surface area contributed by atoms with Crippen LogP contribution in [0.2, 0.25) is 5.02 Å². The summed E-state index contributed by atoms with van der Waals surface area (Å²) in [4.78, 5) is 6.64. The first kappa shape index (κ1) is 8.90. The molecular weight excluding hydrogens is 202 g/mol. The number of halogens is 1. The molecule has 4 N–H and O–H groups in total. The van der Waals surface area contributed by atoms with Crippen LogP contribution in [0, 0.1) is 0 Å². The van der Waals surface area contributed by atoms with Gasteiger partial charge in [0.05, 0.1) is 16.9 Å². The van der Waals surface area contributed by atoms with Crippen molar-refractivity contribution >= 4 is 17.5 Å². The smallest absolute Gasteiger partial charge is 0.197 e. The highest BCUT2D eigenvalue weighted by Gasteiger charge is 2.08. The normalized spacial score (nSPS) is 10.4. The molecule has 0 radical (unpaired) electrons. The molecular formula is C9H8ClN3O. The van der Waals surface area contributed by atoms with Crippen LogP contribution in [0.15, 0.2) is 24.4 Å². The van der Waals surface area contributed by atoms with Crippen molar-refractivity contribution in [3.8, 4) is 17.0 Å². The standard InChI is InChI=1S/C9H8ClN3O/c10-6-3-1-2-5(8(6)14)7-4-12-9(11)13-7/h1-4,14H,(H3,11,12,13). The SMILES string of the molecule is Nc1ncc(-c2cccc(Cl)c2O)[nH]1. The number of nitrogens with one attached hydrogen (secondary N) is 1. The number of hydrogen-bond donors (Lipinski definition) is 3. The third-order valence-corrected chi connectivity index (χ3v) is 2.18. The van der Waals surface area contributed by atoms with Gasteiger partial charge in [-0.15, -0.1) is 0 Å². The summed E-state index contributed by atoms with van der Waals surface area (Å²) >= 11 is 5.75. The molecule has 0 bridgehead atoms. The zero-order valence-electron chi connectivity index (χ0n) is 7.16. The molecule has 0 amide bonds. The van der Waals surface area contributed by atoms with Gasteiger partial charge in [-0.05, 0) is 12.1 Å². The molecule has 0 atom stereocenters. The number of aromatic nitrogens is 2. The van der Waals surface area contributed by atoms with Gasteiger partial charge in [0.1, 0.15) is 5.75 Å². The molecule has 14 heavy (non-hydrogen) atoms. The van der Waals surface area contributed by atoms with Crippen molar-refractivity contribution in [2.45, 2.75) is 0 Å². The van der Waals surface area contributed by atoms with Crippen LogP contribution in [0.3, 0.4) is 0 Å². The maximum Gasteiger partial charge on any atom is 0.197 e. The summed E-state index contributed by atoms with van der Waals surface area (Å²) in [6, 6.07) is 5.09. The minimum Gasteiger partial charge on any atom is -0.506 e. The molecule has 72 valence electrons. The van der Waals surface area contributed by atoms with E-state index in [1.54, 1.807) is 24.4 Å². The Bertz CT molecular complexity index is 467. The second-order valence-corrected chi connectivity index (χ2v) is 3.23. The van der Waals surface area contributed by atoms with E-state index in [1.165, 1.54) is 0 Å². The second kappa shape index (κ2) is 3.23. The third-order valence-electron chi connectivity index (χ3n) is 1.87. The quantitative estimate of drug-likeness (QED) is 0.673. The lowest BCUT2D eigenvalue weighted by Gasteiger charge is -2.02. The molecule has 0 aliphatic rings. The number of nitrogen functional groups attached to an aromatic ring is 1. The van der Waals surface area contributed by atoms with Gasteiger partial charge in [-0.1, -0.05) is 17.7 Å². The summed E-state index contributed by atoms with van der Waals surface area (Å²) < 4.78 is 0. The van der Waals surface area contributed by atoms with Gasteiger partial charge in [-0.3, -0.25) is 0 Å². The van der Waals surface area contributed by atoms with Crippen molar-refractivity contribution < 1.29 is 5.11 Å². The Morgan fingerprint density at radius 3 is 2.86 bits per heavy atom. The zero-order valence-corrected chi connectivity index (χ0v) is 7.92. The predicted molar refractivity (Wildman–Crippen MR) is 55.1 cm³/mol. The minimum atomic E-state index is 0.0258. The summed E-state index contributed by atoms with van der Waals surface area (Å²) in [7, 11) is 0. The number of nitrogens with two attached hydrogens (primary N) is 1. The first-order valence-corrected chi connectivity index (χ1v) is 4.34. The molecule has 0 saturated carbocycles. The van der Waals surface area contributed by atoms with E-state index in [4.69, 9.17) is 17.3 Å². The summed E-state index contributed by atoms with van der Waals surface area (Å²) in [6.07, 6.45) is 1.54. The largest absolute Gasteiger partial charge is 0.506 e. The van der Waals surface area contributed by atoms with E-state index >= 15 is 0 Å². The van der Waals surface area contributed by atoms with E-state index in [9.17, 15) is 5.11 Å². The Balaban J connectivity index is 2.57. The number of hydrogen-bond acceptors (Lipinski definition) is 3. The number of aromatic hydroxyl groups is 1. The maximum atomic E-state index is 9.64. The van der Waals surface area contributed by atoms with E-state index in [0.29, 0.717) is 22.2 Å². The number of nitrogens with zero attached hydrogens (tertiary/aromatic N) is 1. The van der Waals surface area contributed by atoms with Crippen LogP contribution in [0.5, 0.6) is 5.75 Å². The fourth-order valence-corrected chi connectivity index (χ4v) is 1.38. The first-order chi connectivity index (χ1) is 6.68. The highest BCUT2D eigenvalue weighted by atomic mass is 35.5. The molecule has 0 unspecified atom stereocenters. The van der Waals surface area contributed by atoms with Crippen LogP contribution >= 0.6 is 11.6 Å². The number of benzene rings is 1. The number of imidazole rings is 1. The molecule has 1 aromatic heterocycles. The molecule has 1 aromatic carbocycles. The average molecular weight is 210 g/mol. The molecule has 0 aliphatic heterocycles. The van der Waals surface area contributed by atoms with Crippen molar-refractivity contribution in [2.75, 3.05) is 5.73 Å². The number of anilines is 1. The van der Waals surface area contributed by atoms with Crippen LogP contribution in [-0.4, -0.2) is 15.1 Å². The van der Waals surface area contributed by atoms with Gasteiger partial charge in [-0.2, -0.15) is 0 Å². The molecule has 4 nitrogen and oxygen atoms in total. The van der Waals surface area contributed by atoms with Gasteiger partial charge in [0.15, 0.2) is 5.95 Å². The lowest BCUT2D eigenvalue weighted by molar-refractivity contribution is 0.477. The molecule has 0 saturated heterocycles. The monoisotopic (exact) mass is 209 g/mol. The van der Waals surface area contributed by atoms with Gasteiger partial charge in [0.2, 0.25) is 0 Å². The van der Waals surface area contributed by atoms with Gasteiger partial charge < -0.3 is 15.8 Å². The van der Waals surface area contributed by atoms with Crippen LogP contribution < -0.4 is 5.73 Å². The van der Waals surface area contributed by atoms with Crippen molar-refractivity contribution in [1.82, 2.24) is 9.97 Å². The van der Waals surface area contributed by atoms with Crippen LogP contribution in [0.25, 0.3) is 11.3 Å². The number of H-pyrrole nitrogens is 1. The molecule has 0 spiro atoms. The first-order valence-electron chi connectivity index (χ1n) is 3.97. The Labute approximate surface area is 85.4 Å². The lowest BCUT2D eigenvalue weighted by Crippen LogP contribution is -1.85. The van der Waals surface area contributed by atoms with E-state index in [1.807, 2.05) is 0 Å². The number of aromatic amines is 1. The number of rotatable bonds is 1. The second-order valence-electron chi connectivity index (χ2n) is 2.82. The topological polar surface area (TPSA) is 74.9 Å². The molecule has 2 aromatic rings. The van der Waals surface area contributed by atoms with E-state index < -0.39 is 0 Å². The van der Waals surface area contributed by atoms with Gasteiger partial charge >= 0.3 is 0 Å². The van der Waals surface area contributed by atoms with Crippen LogP contribution in [0.4, 0.5) is 5.95 Å². The summed E-state index contributed by atoms with van der Waals surface area (Å²) in [5, 5.41) is 9.94. The Hall–Kier alpha value is -1.68. The predicted octanol–water partition coefficient (Wildman–Crippen LogP) is 2.02. The average Bonchev–Trinajstić information content (AvgIpc) is 2.57. The third kappa shape index (κ3) is 1.40. The number of phenolic OH excluding ortho intramolecular Hbond substituents is 1. The van der Waals surface area contributed by atoms with E-state index in [-0.39, 0.29) is 5.75 Å².